The number of phosphoric ester groups is 3. The van der Waals surface area contributed by atoms with Crippen molar-refractivity contribution in [2.24, 2.45) is 5.41 Å². The maximum atomic E-state index is 12.6. The standard InChI is InChI=1S/C21H36N7O16P3S.C2H2/c1-21(2,16(31)19(32)24-4-3-12(29)23-5-6-48)8-41-47(38,39)44-46(36,37)40-7-11-15(43-45(33,34)35)14(30)20(42-11)28-10-27-13-17(22)25-9-26-18(13)28;1-2/h9-11,14-16,20,30-31,48H,3-8H2,1-2H3,(H,23,29)(H,24,32)(H,36,37)(H,38,39)(H2,22,25,26)(H2,33,34,35);1-2H/t11-,14-,15-,16+,20-;/m1./s1. The van der Waals surface area contributed by atoms with Crippen molar-refractivity contribution in [3.05, 3.63) is 12.7 Å². The van der Waals surface area contributed by atoms with Gasteiger partial charge in [-0.25, -0.2) is 28.6 Å². The van der Waals surface area contributed by atoms with Crippen LogP contribution < -0.4 is 16.4 Å². The molecule has 2 amide bonds. The summed E-state index contributed by atoms with van der Waals surface area (Å²) in [6.07, 6.45) is 1.26. The predicted octanol–water partition coefficient (Wildman–Crippen LogP) is -1.42. The third-order valence-corrected chi connectivity index (χ3v) is 9.83. The molecule has 0 radical (unpaired) electrons. The van der Waals surface area contributed by atoms with Gasteiger partial charge in [-0.3, -0.25) is 27.7 Å². The van der Waals surface area contributed by atoms with Gasteiger partial charge in [-0.15, -0.1) is 12.8 Å². The number of thiol groups is 1. The molecule has 0 bridgehead atoms. The Morgan fingerprint density at radius 3 is 2.36 bits per heavy atom. The molecule has 0 saturated carbocycles. The van der Waals surface area contributed by atoms with E-state index in [-0.39, 0.29) is 35.9 Å². The molecule has 0 spiro atoms. The Bertz CT molecular complexity index is 1640. The van der Waals surface area contributed by atoms with Crippen LogP contribution in [-0.2, 0) is 45.9 Å². The minimum Gasteiger partial charge on any atom is -0.386 e. The molecule has 10 N–H and O–H groups in total. The zero-order valence-corrected chi connectivity index (χ0v) is 29.9. The van der Waals surface area contributed by atoms with Crippen LogP contribution in [0.1, 0.15) is 26.5 Å². The van der Waals surface area contributed by atoms with E-state index in [0.29, 0.717) is 12.3 Å². The summed E-state index contributed by atoms with van der Waals surface area (Å²) in [6.45, 7) is 0.723. The summed E-state index contributed by atoms with van der Waals surface area (Å²) < 4.78 is 61.7. The molecular formula is C23H38N7O16P3S. The Labute approximate surface area is 290 Å². The third-order valence-electron chi connectivity index (χ3n) is 6.51. The first-order valence-corrected chi connectivity index (χ1v) is 19.1. The summed E-state index contributed by atoms with van der Waals surface area (Å²) >= 11 is 3.95. The molecule has 1 aliphatic heterocycles. The highest BCUT2D eigenvalue weighted by Crippen LogP contribution is 2.61. The second-order valence-corrected chi connectivity index (χ2v) is 15.5. The van der Waals surface area contributed by atoms with Crippen molar-refractivity contribution in [1.29, 1.82) is 0 Å². The Kier molecular flexibility index (Phi) is 15.9. The van der Waals surface area contributed by atoms with Crippen LogP contribution in [0.4, 0.5) is 5.82 Å². The van der Waals surface area contributed by atoms with E-state index < -0.39 is 78.6 Å². The summed E-state index contributed by atoms with van der Waals surface area (Å²) in [5.41, 5.74) is 4.30. The van der Waals surface area contributed by atoms with Gasteiger partial charge in [0.15, 0.2) is 17.7 Å². The van der Waals surface area contributed by atoms with Crippen LogP contribution in [0.3, 0.4) is 0 Å². The number of nitrogen functional groups attached to an aromatic ring is 1. The van der Waals surface area contributed by atoms with Crippen molar-refractivity contribution in [2.75, 3.05) is 37.8 Å². The molecule has 7 atom stereocenters. The van der Waals surface area contributed by atoms with Gasteiger partial charge in [0.1, 0.15) is 36.3 Å². The van der Waals surface area contributed by atoms with Crippen molar-refractivity contribution in [1.82, 2.24) is 30.2 Å². The zero-order chi connectivity index (χ0) is 38.1. The topological polar surface area (TPSA) is 347 Å². The largest absolute Gasteiger partial charge is 0.481 e. The zero-order valence-electron chi connectivity index (χ0n) is 26.4. The highest BCUT2D eigenvalue weighted by atomic mass is 32.1. The Hall–Kier alpha value is -2.55. The number of fused-ring (bicyclic) bond motifs is 1. The summed E-state index contributed by atoms with van der Waals surface area (Å²) in [5, 5.41) is 26.1. The van der Waals surface area contributed by atoms with Crippen LogP contribution in [0.5, 0.6) is 0 Å². The molecule has 282 valence electrons. The lowest BCUT2D eigenvalue weighted by atomic mass is 9.87. The van der Waals surface area contributed by atoms with Gasteiger partial charge >= 0.3 is 23.5 Å². The first-order chi connectivity index (χ1) is 23.2. The van der Waals surface area contributed by atoms with Gasteiger partial charge < -0.3 is 50.9 Å². The van der Waals surface area contributed by atoms with Gasteiger partial charge in [0.25, 0.3) is 0 Å². The van der Waals surface area contributed by atoms with Gasteiger partial charge in [-0.2, -0.15) is 16.9 Å². The van der Waals surface area contributed by atoms with E-state index >= 15 is 0 Å². The average molecular weight is 794 g/mol. The highest BCUT2D eigenvalue weighted by molar-refractivity contribution is 7.80. The van der Waals surface area contributed by atoms with Crippen LogP contribution in [0.25, 0.3) is 11.2 Å². The van der Waals surface area contributed by atoms with E-state index in [4.69, 9.17) is 19.5 Å². The molecule has 2 aromatic rings. The van der Waals surface area contributed by atoms with Crippen LogP contribution in [0.2, 0.25) is 0 Å². The number of nitrogens with zero attached hydrogens (tertiary/aromatic N) is 4. The number of terminal acetylenes is 1. The van der Waals surface area contributed by atoms with Crippen molar-refractivity contribution in [3.8, 4) is 12.8 Å². The molecule has 1 aliphatic rings. The SMILES string of the molecule is C#C.CC(C)(COP(=O)(O)OP(=O)(O)OC[C@H]1O[C@@H](n2cnc3c(N)ncnc32)[C@H](O)[C@@H]1OP(=O)(O)O)[C@@H](O)C(=O)NCCC(=O)NCCS. The van der Waals surface area contributed by atoms with Crippen molar-refractivity contribution >= 4 is 64.9 Å². The smallest absolute Gasteiger partial charge is 0.386 e. The molecule has 27 heteroatoms. The average Bonchev–Trinajstić information content (AvgIpc) is 3.58. The van der Waals surface area contributed by atoms with Crippen LogP contribution >= 0.6 is 36.1 Å². The number of aliphatic hydroxyl groups excluding tert-OH is 2. The molecule has 2 aromatic heterocycles. The maximum Gasteiger partial charge on any atom is 0.481 e. The number of carbonyl (C=O) groups is 2. The van der Waals surface area contributed by atoms with Crippen molar-refractivity contribution < 1.29 is 75.7 Å². The van der Waals surface area contributed by atoms with E-state index in [2.05, 4.69) is 59.9 Å². The normalized spacial score (nSPS) is 22.5. The number of carbonyl (C=O) groups excluding carboxylic acids is 2. The number of aliphatic hydroxyl groups is 2. The maximum absolute atomic E-state index is 12.6. The third kappa shape index (κ3) is 12.6. The molecule has 1 fully saturated rings. The fraction of sp³-hybridized carbons (Fsp3) is 0.609. The van der Waals surface area contributed by atoms with E-state index in [9.17, 15) is 53.1 Å². The number of aromatic nitrogens is 4. The lowest BCUT2D eigenvalue weighted by Crippen LogP contribution is -2.46. The van der Waals surface area contributed by atoms with Crippen molar-refractivity contribution in [2.45, 2.75) is 50.9 Å². The number of imidazole rings is 1. The van der Waals surface area contributed by atoms with Gasteiger partial charge in [0, 0.05) is 30.7 Å². The number of ether oxygens (including phenoxy) is 1. The molecule has 3 rings (SSSR count). The van der Waals surface area contributed by atoms with Gasteiger partial charge in [0.2, 0.25) is 11.8 Å². The summed E-state index contributed by atoms with van der Waals surface area (Å²) in [4.78, 5) is 74.6. The first-order valence-electron chi connectivity index (χ1n) is 14.0. The number of rotatable bonds is 18. The number of amides is 2. The molecule has 0 aliphatic carbocycles. The molecular weight excluding hydrogens is 755 g/mol. The first kappa shape index (κ1) is 43.6. The van der Waals surface area contributed by atoms with E-state index in [1.54, 1.807) is 0 Å². The van der Waals surface area contributed by atoms with Crippen molar-refractivity contribution in [3.63, 3.8) is 0 Å². The minimum atomic E-state index is -5.54. The van der Waals surface area contributed by atoms with E-state index in [1.165, 1.54) is 13.8 Å². The van der Waals surface area contributed by atoms with Gasteiger partial charge in [-0.1, -0.05) is 13.8 Å². The summed E-state index contributed by atoms with van der Waals surface area (Å²) in [6, 6.07) is 0. The number of anilines is 1. The Morgan fingerprint density at radius 2 is 1.74 bits per heavy atom. The molecule has 0 aromatic carbocycles. The molecule has 50 heavy (non-hydrogen) atoms. The molecule has 23 nitrogen and oxygen atoms in total. The molecule has 1 saturated heterocycles. The Balaban J connectivity index is 0.00000425. The second kappa shape index (κ2) is 18.3. The number of phosphoric acid groups is 3. The number of hydrogen-bond donors (Lipinski definition) is 10. The number of nitrogens with one attached hydrogen (secondary N) is 2. The van der Waals surface area contributed by atoms with E-state index in [0.717, 1.165) is 17.2 Å². The monoisotopic (exact) mass is 793 g/mol. The number of nitrogens with two attached hydrogens (primary N) is 1. The second-order valence-electron chi connectivity index (χ2n) is 10.8. The lowest BCUT2D eigenvalue weighted by molar-refractivity contribution is -0.137. The fourth-order valence-corrected chi connectivity index (χ4v) is 7.08. The summed E-state index contributed by atoms with van der Waals surface area (Å²) in [7, 11) is -16.3. The van der Waals surface area contributed by atoms with Gasteiger partial charge in [-0.05, 0) is 0 Å². The number of hydrogen-bond acceptors (Lipinski definition) is 17. The quantitative estimate of drug-likeness (QED) is 0.0470. The summed E-state index contributed by atoms with van der Waals surface area (Å²) in [5.74, 6) is -0.943. The van der Waals surface area contributed by atoms with Crippen LogP contribution in [0, 0.1) is 18.3 Å². The Morgan fingerprint density at radius 1 is 1.10 bits per heavy atom. The van der Waals surface area contributed by atoms with Crippen LogP contribution in [-0.4, -0.2) is 118 Å². The van der Waals surface area contributed by atoms with Crippen LogP contribution in [0.15, 0.2) is 12.7 Å². The lowest BCUT2D eigenvalue weighted by Gasteiger charge is -2.30. The minimum absolute atomic E-state index is 0.0363. The molecule has 2 unspecified atom stereocenters. The molecule has 3 heterocycles. The predicted molar refractivity (Wildman–Crippen MR) is 173 cm³/mol. The van der Waals surface area contributed by atoms with E-state index in [1.807, 2.05) is 0 Å². The highest BCUT2D eigenvalue weighted by Gasteiger charge is 2.50. The van der Waals surface area contributed by atoms with Gasteiger partial charge in [0.05, 0.1) is 19.5 Å². The fourth-order valence-electron chi connectivity index (χ4n) is 4.14.